The average molecular weight is 411 g/mol. The summed E-state index contributed by atoms with van der Waals surface area (Å²) in [6.07, 6.45) is 3.96. The van der Waals surface area contributed by atoms with Gasteiger partial charge in [-0.2, -0.15) is 0 Å². The van der Waals surface area contributed by atoms with Crippen molar-refractivity contribution in [2.45, 2.75) is 64.3 Å². The Hall–Kier alpha value is -1.44. The summed E-state index contributed by atoms with van der Waals surface area (Å²) < 4.78 is 32.2. The van der Waals surface area contributed by atoms with E-state index in [0.29, 0.717) is 18.2 Å². The van der Waals surface area contributed by atoms with Gasteiger partial charge < -0.3 is 10.1 Å². The number of hydrogen-bond acceptors (Lipinski definition) is 4. The van der Waals surface area contributed by atoms with Gasteiger partial charge in [0.25, 0.3) is 0 Å². The molecule has 0 aromatic heterocycles. The SMILES string of the molecule is COC[C@@H](C)NS(=O)(=O)c1ccc(NC(=O)C2CCC(C(C)(C)C)CC2)cc1. The van der Waals surface area contributed by atoms with Crippen LogP contribution in [-0.2, 0) is 19.6 Å². The third kappa shape index (κ3) is 6.29. The van der Waals surface area contributed by atoms with Crippen LogP contribution in [0.3, 0.4) is 0 Å². The summed E-state index contributed by atoms with van der Waals surface area (Å²) in [6, 6.07) is 5.96. The van der Waals surface area contributed by atoms with Crippen LogP contribution in [0.5, 0.6) is 0 Å². The zero-order valence-corrected chi connectivity index (χ0v) is 18.4. The molecule has 28 heavy (non-hydrogen) atoms. The average Bonchev–Trinajstić information content (AvgIpc) is 2.61. The Morgan fingerprint density at radius 2 is 1.71 bits per heavy atom. The molecular weight excluding hydrogens is 376 g/mol. The maximum absolute atomic E-state index is 12.6. The van der Waals surface area contributed by atoms with Gasteiger partial charge in [0, 0.05) is 24.8 Å². The quantitative estimate of drug-likeness (QED) is 0.716. The molecule has 1 aromatic carbocycles. The highest BCUT2D eigenvalue weighted by atomic mass is 32.2. The van der Waals surface area contributed by atoms with Crippen LogP contribution in [0, 0.1) is 17.3 Å². The summed E-state index contributed by atoms with van der Waals surface area (Å²) in [4.78, 5) is 12.7. The number of benzene rings is 1. The van der Waals surface area contributed by atoms with Crippen LogP contribution in [0.25, 0.3) is 0 Å². The van der Waals surface area contributed by atoms with Crippen molar-refractivity contribution in [1.82, 2.24) is 4.72 Å². The third-order valence-corrected chi connectivity index (χ3v) is 7.13. The molecule has 0 saturated heterocycles. The van der Waals surface area contributed by atoms with Crippen molar-refractivity contribution in [3.8, 4) is 0 Å². The Bertz CT molecular complexity index is 746. The molecule has 1 aliphatic carbocycles. The van der Waals surface area contributed by atoms with Gasteiger partial charge in [-0.15, -0.1) is 0 Å². The highest BCUT2D eigenvalue weighted by molar-refractivity contribution is 7.89. The van der Waals surface area contributed by atoms with Crippen LogP contribution >= 0.6 is 0 Å². The number of carbonyl (C=O) groups excluding carboxylic acids is 1. The normalized spacial score (nSPS) is 21.9. The number of anilines is 1. The molecule has 1 aromatic rings. The Morgan fingerprint density at radius 3 is 2.21 bits per heavy atom. The summed E-state index contributed by atoms with van der Waals surface area (Å²) in [6.45, 7) is 8.82. The van der Waals surface area contributed by atoms with Gasteiger partial charge in [-0.3, -0.25) is 4.79 Å². The summed E-state index contributed by atoms with van der Waals surface area (Å²) in [5.74, 6) is 0.711. The topological polar surface area (TPSA) is 84.5 Å². The van der Waals surface area contributed by atoms with Gasteiger partial charge in [0.15, 0.2) is 0 Å². The van der Waals surface area contributed by atoms with Crippen molar-refractivity contribution in [2.75, 3.05) is 19.0 Å². The van der Waals surface area contributed by atoms with Crippen LogP contribution in [-0.4, -0.2) is 34.1 Å². The second-order valence-electron chi connectivity index (χ2n) is 8.91. The molecule has 2 rings (SSSR count). The highest BCUT2D eigenvalue weighted by Gasteiger charge is 2.32. The lowest BCUT2D eigenvalue weighted by atomic mass is 9.69. The van der Waals surface area contributed by atoms with E-state index >= 15 is 0 Å². The third-order valence-electron chi connectivity index (χ3n) is 5.53. The van der Waals surface area contributed by atoms with Crippen LogP contribution in [0.1, 0.15) is 53.4 Å². The number of carbonyl (C=O) groups is 1. The summed E-state index contributed by atoms with van der Waals surface area (Å²) in [5, 5.41) is 2.93. The minimum atomic E-state index is -3.61. The molecule has 158 valence electrons. The van der Waals surface area contributed by atoms with E-state index in [9.17, 15) is 13.2 Å². The van der Waals surface area contributed by atoms with Gasteiger partial charge in [0.2, 0.25) is 15.9 Å². The Labute approximate surface area is 169 Å². The minimum absolute atomic E-state index is 0.0230. The maximum Gasteiger partial charge on any atom is 0.240 e. The predicted molar refractivity (Wildman–Crippen MR) is 112 cm³/mol. The van der Waals surface area contributed by atoms with Crippen molar-refractivity contribution in [3.05, 3.63) is 24.3 Å². The number of rotatable bonds is 7. The highest BCUT2D eigenvalue weighted by Crippen LogP contribution is 2.40. The van der Waals surface area contributed by atoms with Crippen molar-refractivity contribution < 1.29 is 17.9 Å². The minimum Gasteiger partial charge on any atom is -0.383 e. The van der Waals surface area contributed by atoms with Gasteiger partial charge in [-0.05, 0) is 68.2 Å². The first kappa shape index (κ1) is 22.8. The van der Waals surface area contributed by atoms with E-state index in [-0.39, 0.29) is 28.2 Å². The first-order valence-electron chi connectivity index (χ1n) is 9.95. The lowest BCUT2D eigenvalue weighted by Crippen LogP contribution is -2.35. The van der Waals surface area contributed by atoms with E-state index in [1.807, 2.05) is 0 Å². The van der Waals surface area contributed by atoms with Crippen molar-refractivity contribution in [2.24, 2.45) is 17.3 Å². The van der Waals surface area contributed by atoms with E-state index in [1.54, 1.807) is 19.1 Å². The molecule has 7 heteroatoms. The van der Waals surface area contributed by atoms with E-state index in [2.05, 4.69) is 30.8 Å². The summed E-state index contributed by atoms with van der Waals surface area (Å²) in [5.41, 5.74) is 0.907. The molecule has 0 heterocycles. The molecule has 0 spiro atoms. The van der Waals surface area contributed by atoms with Gasteiger partial charge >= 0.3 is 0 Å². The molecule has 1 atom stereocenters. The Morgan fingerprint density at radius 1 is 1.14 bits per heavy atom. The fourth-order valence-corrected chi connectivity index (χ4v) is 5.03. The molecule has 2 N–H and O–H groups in total. The van der Waals surface area contributed by atoms with Crippen LogP contribution in [0.2, 0.25) is 0 Å². The lowest BCUT2D eigenvalue weighted by molar-refractivity contribution is -0.121. The Kier molecular flexibility index (Phi) is 7.65. The van der Waals surface area contributed by atoms with E-state index < -0.39 is 10.0 Å². The largest absolute Gasteiger partial charge is 0.383 e. The molecule has 0 bridgehead atoms. The van der Waals surface area contributed by atoms with E-state index in [0.717, 1.165) is 25.7 Å². The van der Waals surface area contributed by atoms with Gasteiger partial charge in [-0.1, -0.05) is 20.8 Å². The second kappa shape index (κ2) is 9.37. The van der Waals surface area contributed by atoms with Gasteiger partial charge in [0.05, 0.1) is 11.5 Å². The van der Waals surface area contributed by atoms with Crippen molar-refractivity contribution in [3.63, 3.8) is 0 Å². The maximum atomic E-state index is 12.6. The second-order valence-corrected chi connectivity index (χ2v) is 10.6. The smallest absolute Gasteiger partial charge is 0.240 e. The number of amides is 1. The van der Waals surface area contributed by atoms with Crippen molar-refractivity contribution in [1.29, 1.82) is 0 Å². The van der Waals surface area contributed by atoms with Crippen LogP contribution in [0.4, 0.5) is 5.69 Å². The van der Waals surface area contributed by atoms with Gasteiger partial charge in [0.1, 0.15) is 0 Å². The number of sulfonamides is 1. The Balaban J connectivity index is 1.93. The molecule has 1 amide bonds. The van der Waals surface area contributed by atoms with Crippen LogP contribution in [0.15, 0.2) is 29.2 Å². The number of hydrogen-bond donors (Lipinski definition) is 2. The zero-order chi connectivity index (χ0) is 20.9. The molecule has 0 radical (unpaired) electrons. The van der Waals surface area contributed by atoms with Crippen molar-refractivity contribution >= 4 is 21.6 Å². The standard InChI is InChI=1S/C21H34N2O4S/c1-15(14-27-5)23-28(25,26)19-12-10-18(11-13-19)22-20(24)16-6-8-17(9-7-16)21(2,3)4/h10-13,15-17,23H,6-9,14H2,1-5H3,(H,22,24)/t15-,16?,17?/m1/s1. The fourth-order valence-electron chi connectivity index (χ4n) is 3.80. The lowest BCUT2D eigenvalue weighted by Gasteiger charge is -2.36. The number of ether oxygens (including phenoxy) is 1. The molecule has 0 aliphatic heterocycles. The molecule has 1 aliphatic rings. The summed E-state index contributed by atoms with van der Waals surface area (Å²) >= 11 is 0. The van der Waals surface area contributed by atoms with E-state index in [1.165, 1.54) is 19.2 Å². The molecular formula is C21H34N2O4S. The molecule has 1 saturated carbocycles. The van der Waals surface area contributed by atoms with Gasteiger partial charge in [-0.25, -0.2) is 13.1 Å². The molecule has 0 unspecified atom stereocenters. The first-order chi connectivity index (χ1) is 13.0. The molecule has 1 fully saturated rings. The fraction of sp³-hybridized carbons (Fsp3) is 0.667. The van der Waals surface area contributed by atoms with E-state index in [4.69, 9.17) is 4.74 Å². The monoisotopic (exact) mass is 410 g/mol. The number of methoxy groups -OCH3 is 1. The zero-order valence-electron chi connectivity index (χ0n) is 17.6. The first-order valence-corrected chi connectivity index (χ1v) is 11.4. The molecule has 6 nitrogen and oxygen atoms in total. The van der Waals surface area contributed by atoms with Crippen LogP contribution < -0.4 is 10.0 Å². The predicted octanol–water partition coefficient (Wildman–Crippen LogP) is 3.79. The number of nitrogens with one attached hydrogen (secondary N) is 2. The summed E-state index contributed by atoms with van der Waals surface area (Å²) in [7, 11) is -2.08.